The Labute approximate surface area is 199 Å². The van der Waals surface area contributed by atoms with Crippen LogP contribution in [-0.2, 0) is 31.5 Å². The van der Waals surface area contributed by atoms with Crippen LogP contribution in [0.25, 0.3) is 10.2 Å². The SMILES string of the molecule is CCc1ccc2nc(N(CC3CCCO3)C(=O)CCCS(=O)(=O)Cc3ccccc3)sc2c1. The molecule has 33 heavy (non-hydrogen) atoms. The van der Waals surface area contributed by atoms with Crippen LogP contribution in [0, 0.1) is 0 Å². The Morgan fingerprint density at radius 3 is 2.73 bits per heavy atom. The van der Waals surface area contributed by atoms with E-state index in [0.717, 1.165) is 35.0 Å². The summed E-state index contributed by atoms with van der Waals surface area (Å²) in [4.78, 5) is 19.6. The number of aromatic nitrogens is 1. The van der Waals surface area contributed by atoms with Crippen molar-refractivity contribution in [2.24, 2.45) is 0 Å². The number of carbonyl (C=O) groups is 1. The Morgan fingerprint density at radius 2 is 2.00 bits per heavy atom. The molecule has 0 aliphatic carbocycles. The van der Waals surface area contributed by atoms with Gasteiger partial charge in [-0.3, -0.25) is 9.69 Å². The number of ether oxygens (including phenoxy) is 1. The first-order chi connectivity index (χ1) is 15.9. The fraction of sp³-hybridized carbons (Fsp3) is 0.440. The average Bonchev–Trinajstić information content (AvgIpc) is 3.46. The summed E-state index contributed by atoms with van der Waals surface area (Å²) in [5, 5.41) is 0.658. The monoisotopic (exact) mass is 486 g/mol. The average molecular weight is 487 g/mol. The van der Waals surface area contributed by atoms with E-state index in [1.165, 1.54) is 16.9 Å². The lowest BCUT2D eigenvalue weighted by Crippen LogP contribution is -2.37. The van der Waals surface area contributed by atoms with Crippen molar-refractivity contribution in [3.63, 3.8) is 0 Å². The summed E-state index contributed by atoms with van der Waals surface area (Å²) >= 11 is 1.51. The second kappa shape index (κ2) is 10.8. The molecule has 1 aliphatic rings. The molecule has 1 aromatic heterocycles. The second-order valence-electron chi connectivity index (χ2n) is 8.47. The smallest absolute Gasteiger partial charge is 0.228 e. The van der Waals surface area contributed by atoms with Crippen molar-refractivity contribution >= 4 is 42.4 Å². The highest BCUT2D eigenvalue weighted by molar-refractivity contribution is 7.90. The molecule has 0 spiro atoms. The summed E-state index contributed by atoms with van der Waals surface area (Å²) in [5.41, 5.74) is 2.88. The topological polar surface area (TPSA) is 76.6 Å². The number of sulfone groups is 1. The molecule has 0 bridgehead atoms. The number of hydrogen-bond acceptors (Lipinski definition) is 6. The highest BCUT2D eigenvalue weighted by atomic mass is 32.2. The molecule has 1 unspecified atom stereocenters. The number of aryl methyl sites for hydroxylation is 1. The van der Waals surface area contributed by atoms with Gasteiger partial charge in [-0.1, -0.05) is 54.7 Å². The van der Waals surface area contributed by atoms with Crippen molar-refractivity contribution in [1.82, 2.24) is 4.98 Å². The molecular weight excluding hydrogens is 456 g/mol. The van der Waals surface area contributed by atoms with Crippen molar-refractivity contribution in [3.8, 4) is 0 Å². The Balaban J connectivity index is 1.44. The summed E-state index contributed by atoms with van der Waals surface area (Å²) < 4.78 is 31.9. The van der Waals surface area contributed by atoms with E-state index in [4.69, 9.17) is 9.72 Å². The third-order valence-corrected chi connectivity index (χ3v) is 8.59. The van der Waals surface area contributed by atoms with Crippen molar-refractivity contribution in [2.75, 3.05) is 23.8 Å². The number of anilines is 1. The first-order valence-corrected chi connectivity index (χ1v) is 14.1. The zero-order valence-corrected chi connectivity index (χ0v) is 20.5. The highest BCUT2D eigenvalue weighted by Gasteiger charge is 2.26. The molecule has 1 saturated heterocycles. The van der Waals surface area contributed by atoms with E-state index in [1.807, 2.05) is 36.4 Å². The molecular formula is C25H30N2O4S2. The van der Waals surface area contributed by atoms with Crippen LogP contribution in [0.5, 0.6) is 0 Å². The maximum absolute atomic E-state index is 13.2. The van der Waals surface area contributed by atoms with Gasteiger partial charge in [-0.15, -0.1) is 0 Å². The number of benzene rings is 2. The van der Waals surface area contributed by atoms with Crippen LogP contribution in [0.4, 0.5) is 5.13 Å². The summed E-state index contributed by atoms with van der Waals surface area (Å²) in [7, 11) is -3.28. The van der Waals surface area contributed by atoms with Crippen molar-refractivity contribution in [2.45, 2.75) is 50.9 Å². The molecule has 2 heterocycles. The van der Waals surface area contributed by atoms with Gasteiger partial charge in [0.05, 0.1) is 34.4 Å². The van der Waals surface area contributed by atoms with Gasteiger partial charge in [-0.05, 0) is 48.9 Å². The first-order valence-electron chi connectivity index (χ1n) is 11.5. The van der Waals surface area contributed by atoms with Crippen LogP contribution >= 0.6 is 11.3 Å². The van der Waals surface area contributed by atoms with Gasteiger partial charge >= 0.3 is 0 Å². The van der Waals surface area contributed by atoms with Gasteiger partial charge in [-0.2, -0.15) is 0 Å². The predicted octanol–water partition coefficient (Wildman–Crippen LogP) is 4.77. The van der Waals surface area contributed by atoms with Gasteiger partial charge in [-0.25, -0.2) is 13.4 Å². The maximum Gasteiger partial charge on any atom is 0.228 e. The largest absolute Gasteiger partial charge is 0.376 e. The van der Waals surface area contributed by atoms with Crippen LogP contribution in [0.15, 0.2) is 48.5 Å². The van der Waals surface area contributed by atoms with Crippen LogP contribution in [0.2, 0.25) is 0 Å². The number of fused-ring (bicyclic) bond motifs is 1. The van der Waals surface area contributed by atoms with E-state index in [1.54, 1.807) is 4.90 Å². The molecule has 0 radical (unpaired) electrons. The standard InChI is InChI=1S/C25H30N2O4S2/c1-2-19-12-13-22-23(16-19)32-25(26-22)27(17-21-10-6-14-31-21)24(28)11-7-15-33(29,30)18-20-8-4-3-5-9-20/h3-5,8-9,12-13,16,21H,2,6-7,10-11,14-15,17-18H2,1H3. The van der Waals surface area contributed by atoms with Gasteiger partial charge in [0.25, 0.3) is 0 Å². The first kappa shape index (κ1) is 23.9. The number of rotatable bonds is 10. The normalized spacial score (nSPS) is 16.3. The Morgan fingerprint density at radius 1 is 1.18 bits per heavy atom. The van der Waals surface area contributed by atoms with E-state index in [9.17, 15) is 13.2 Å². The summed E-state index contributed by atoms with van der Waals surface area (Å²) in [6, 6.07) is 15.3. The number of nitrogens with zero attached hydrogens (tertiary/aromatic N) is 2. The number of carbonyl (C=O) groups excluding carboxylic acids is 1. The van der Waals surface area contributed by atoms with Crippen molar-refractivity contribution in [3.05, 3.63) is 59.7 Å². The molecule has 1 fully saturated rings. The summed E-state index contributed by atoms with van der Waals surface area (Å²) in [6.45, 7) is 3.28. The quantitative estimate of drug-likeness (QED) is 0.413. The van der Waals surface area contributed by atoms with Crippen LogP contribution < -0.4 is 4.90 Å². The van der Waals surface area contributed by atoms with Gasteiger partial charge in [0.1, 0.15) is 0 Å². The number of amides is 1. The van der Waals surface area contributed by atoms with Gasteiger partial charge in [0.2, 0.25) is 5.91 Å². The van der Waals surface area contributed by atoms with Crippen LogP contribution in [0.3, 0.4) is 0 Å². The minimum Gasteiger partial charge on any atom is -0.376 e. The predicted molar refractivity (Wildman–Crippen MR) is 133 cm³/mol. The summed E-state index contributed by atoms with van der Waals surface area (Å²) in [6.07, 6.45) is 3.30. The molecule has 8 heteroatoms. The molecule has 6 nitrogen and oxygen atoms in total. The third kappa shape index (κ3) is 6.40. The second-order valence-corrected chi connectivity index (χ2v) is 11.7. The van der Waals surface area contributed by atoms with E-state index < -0.39 is 9.84 Å². The lowest BCUT2D eigenvalue weighted by molar-refractivity contribution is -0.119. The molecule has 2 aromatic carbocycles. The highest BCUT2D eigenvalue weighted by Crippen LogP contribution is 2.31. The molecule has 1 amide bonds. The zero-order chi connectivity index (χ0) is 23.3. The lowest BCUT2D eigenvalue weighted by atomic mass is 10.2. The van der Waals surface area contributed by atoms with Crippen LogP contribution in [-0.4, -0.2) is 44.3 Å². The lowest BCUT2D eigenvalue weighted by Gasteiger charge is -2.23. The molecule has 0 N–H and O–H groups in total. The number of thiazole rings is 1. The van der Waals surface area contributed by atoms with Crippen LogP contribution in [0.1, 0.15) is 43.7 Å². The fourth-order valence-corrected chi connectivity index (χ4v) is 6.53. The molecule has 4 rings (SSSR count). The Kier molecular flexibility index (Phi) is 7.78. The van der Waals surface area contributed by atoms with Gasteiger partial charge in [0.15, 0.2) is 15.0 Å². The molecule has 3 aromatic rings. The zero-order valence-electron chi connectivity index (χ0n) is 18.9. The van der Waals surface area contributed by atoms with Gasteiger partial charge < -0.3 is 4.74 Å². The minimum atomic E-state index is -3.28. The molecule has 176 valence electrons. The molecule has 1 atom stereocenters. The Hall–Kier alpha value is -2.29. The van der Waals surface area contributed by atoms with E-state index >= 15 is 0 Å². The van der Waals surface area contributed by atoms with Crippen molar-refractivity contribution in [1.29, 1.82) is 0 Å². The van der Waals surface area contributed by atoms with E-state index in [-0.39, 0.29) is 29.9 Å². The van der Waals surface area contributed by atoms with Gasteiger partial charge in [0, 0.05) is 13.0 Å². The third-order valence-electron chi connectivity index (χ3n) is 5.87. The van der Waals surface area contributed by atoms with E-state index in [2.05, 4.69) is 19.1 Å². The number of hydrogen-bond donors (Lipinski definition) is 0. The molecule has 0 saturated carbocycles. The minimum absolute atomic E-state index is 0.000704. The van der Waals surface area contributed by atoms with E-state index in [0.29, 0.717) is 24.7 Å². The van der Waals surface area contributed by atoms with Crippen molar-refractivity contribution < 1.29 is 17.9 Å². The fourth-order valence-electron chi connectivity index (χ4n) is 4.05. The molecule has 1 aliphatic heterocycles. The maximum atomic E-state index is 13.2. The summed E-state index contributed by atoms with van der Waals surface area (Å²) in [5.74, 6) is -0.115. The Bertz CT molecular complexity index is 1190.